The van der Waals surface area contributed by atoms with E-state index in [9.17, 15) is 29.7 Å². The van der Waals surface area contributed by atoms with Crippen molar-refractivity contribution in [2.75, 3.05) is 13.2 Å². The van der Waals surface area contributed by atoms with E-state index in [1.54, 1.807) is 6.08 Å². The fraction of sp³-hybridized carbons (Fsp3) is 0.861. The van der Waals surface area contributed by atoms with Crippen molar-refractivity contribution in [3.05, 3.63) is 12.2 Å². The molecule has 1 aliphatic rings. The van der Waals surface area contributed by atoms with Gasteiger partial charge in [-0.05, 0) is 25.7 Å². The van der Waals surface area contributed by atoms with Crippen LogP contribution < -0.4 is 0 Å². The molecule has 0 unspecified atom stereocenters. The van der Waals surface area contributed by atoms with Crippen LogP contribution in [0.1, 0.15) is 155 Å². The first-order valence-electron chi connectivity index (χ1n) is 17.8. The summed E-state index contributed by atoms with van der Waals surface area (Å²) in [6.07, 6.45) is 21.7. The molecule has 5 atom stereocenters. The number of carbonyl (C=O) groups excluding carboxylic acids is 3. The van der Waals surface area contributed by atoms with Gasteiger partial charge >= 0.3 is 11.9 Å². The van der Waals surface area contributed by atoms with Gasteiger partial charge in [-0.2, -0.15) is 0 Å². The first-order chi connectivity index (χ1) is 21.3. The van der Waals surface area contributed by atoms with Crippen molar-refractivity contribution in [1.29, 1.82) is 0 Å². The first-order valence-corrected chi connectivity index (χ1v) is 17.8. The summed E-state index contributed by atoms with van der Waals surface area (Å²) in [4.78, 5) is 36.4. The van der Waals surface area contributed by atoms with Crippen molar-refractivity contribution >= 4 is 17.7 Å². The van der Waals surface area contributed by atoms with Gasteiger partial charge in [-0.1, -0.05) is 122 Å². The van der Waals surface area contributed by atoms with Crippen LogP contribution in [0.2, 0.25) is 0 Å². The molecule has 8 heteroatoms. The molecule has 0 aromatic heterocycles. The normalized spacial score (nSPS) is 19.8. The molecule has 1 fully saturated rings. The largest absolute Gasteiger partial charge is 0.463 e. The highest BCUT2D eigenvalue weighted by Gasteiger charge is 2.39. The van der Waals surface area contributed by atoms with E-state index in [4.69, 9.17) is 9.47 Å². The van der Waals surface area contributed by atoms with E-state index >= 15 is 0 Å². The Morgan fingerprint density at radius 2 is 1.23 bits per heavy atom. The number of hydrogen-bond donors (Lipinski definition) is 3. The number of rotatable bonds is 28. The SMILES string of the molecule is CCCCCCCCCCCCC(=O)OC[C@@H](O)COC(=O)CCCCCC[C@H]1C(=O)C[C@@H](O)[C@@H]1/C=C/[C@@H](O)CCCCC. The maximum absolute atomic E-state index is 12.4. The Balaban J connectivity index is 2.07. The smallest absolute Gasteiger partial charge is 0.305 e. The van der Waals surface area contributed by atoms with Crippen molar-refractivity contribution < 1.29 is 39.2 Å². The lowest BCUT2D eigenvalue weighted by molar-refractivity contribution is -0.152. The molecule has 0 aromatic rings. The molecular formula is C36H64O8. The highest BCUT2D eigenvalue weighted by Crippen LogP contribution is 2.34. The molecule has 0 heterocycles. The summed E-state index contributed by atoms with van der Waals surface area (Å²) in [5, 5.41) is 30.5. The summed E-state index contributed by atoms with van der Waals surface area (Å²) in [7, 11) is 0. The van der Waals surface area contributed by atoms with Gasteiger partial charge in [0, 0.05) is 31.1 Å². The van der Waals surface area contributed by atoms with Crippen LogP contribution in [0.3, 0.4) is 0 Å². The Hall–Kier alpha value is -1.77. The van der Waals surface area contributed by atoms with Crippen LogP contribution >= 0.6 is 0 Å². The number of Topliss-reactive ketones (excluding diaryl/α,β-unsaturated/α-hetero) is 1. The van der Waals surface area contributed by atoms with Gasteiger partial charge in [0.2, 0.25) is 0 Å². The van der Waals surface area contributed by atoms with Gasteiger partial charge in [0.25, 0.3) is 0 Å². The van der Waals surface area contributed by atoms with Gasteiger partial charge in [-0.15, -0.1) is 0 Å². The lowest BCUT2D eigenvalue weighted by Gasteiger charge is -2.18. The van der Waals surface area contributed by atoms with Crippen LogP contribution in [0, 0.1) is 11.8 Å². The summed E-state index contributed by atoms with van der Waals surface area (Å²) >= 11 is 0. The molecular weight excluding hydrogens is 560 g/mol. The third kappa shape index (κ3) is 20.3. The second-order valence-electron chi connectivity index (χ2n) is 12.8. The highest BCUT2D eigenvalue weighted by molar-refractivity contribution is 5.84. The molecule has 0 bridgehead atoms. The predicted molar refractivity (Wildman–Crippen MR) is 174 cm³/mol. The molecule has 8 nitrogen and oxygen atoms in total. The van der Waals surface area contributed by atoms with Crippen LogP contribution in [0.15, 0.2) is 12.2 Å². The fourth-order valence-corrected chi connectivity index (χ4v) is 5.86. The number of hydrogen-bond acceptors (Lipinski definition) is 8. The predicted octanol–water partition coefficient (Wildman–Crippen LogP) is 7.15. The van der Waals surface area contributed by atoms with E-state index in [2.05, 4.69) is 13.8 Å². The third-order valence-electron chi connectivity index (χ3n) is 8.65. The molecule has 0 spiro atoms. The fourth-order valence-electron chi connectivity index (χ4n) is 5.86. The Labute approximate surface area is 267 Å². The molecule has 256 valence electrons. The van der Waals surface area contributed by atoms with E-state index in [1.807, 2.05) is 6.08 Å². The summed E-state index contributed by atoms with van der Waals surface area (Å²) in [5.74, 6) is -1.11. The van der Waals surface area contributed by atoms with Gasteiger partial charge in [0.05, 0.1) is 12.2 Å². The van der Waals surface area contributed by atoms with Gasteiger partial charge in [0.1, 0.15) is 25.1 Å². The van der Waals surface area contributed by atoms with E-state index in [0.717, 1.165) is 57.8 Å². The zero-order valence-corrected chi connectivity index (χ0v) is 27.9. The molecule has 1 rings (SSSR count). The van der Waals surface area contributed by atoms with Crippen molar-refractivity contribution in [3.63, 3.8) is 0 Å². The minimum absolute atomic E-state index is 0.0826. The first kappa shape index (κ1) is 40.3. The highest BCUT2D eigenvalue weighted by atomic mass is 16.6. The Morgan fingerprint density at radius 1 is 0.750 bits per heavy atom. The van der Waals surface area contributed by atoms with Crippen molar-refractivity contribution in [1.82, 2.24) is 0 Å². The van der Waals surface area contributed by atoms with Crippen LogP contribution in [0.4, 0.5) is 0 Å². The van der Waals surface area contributed by atoms with Crippen LogP contribution in [0.5, 0.6) is 0 Å². The van der Waals surface area contributed by atoms with E-state index < -0.39 is 24.3 Å². The standard InChI is InChI=1S/C36H64O8/c1-3-5-7-8-9-10-11-12-13-18-22-35(41)43-27-30(38)28-44-36(42)23-19-15-14-17-21-31-32(34(40)26-33(31)39)25-24-29(37)20-16-6-4-2/h24-25,29-32,34,37-38,40H,3-23,26-28H2,1-2H3/b25-24+/t29-,30+,31+,32+,34+/m0/s1. The average molecular weight is 625 g/mol. The summed E-state index contributed by atoms with van der Waals surface area (Å²) in [6, 6.07) is 0. The lowest BCUT2D eigenvalue weighted by Crippen LogP contribution is -2.25. The second kappa shape index (κ2) is 26.4. The number of aliphatic hydroxyl groups is 3. The minimum atomic E-state index is -1.03. The second-order valence-corrected chi connectivity index (χ2v) is 12.8. The van der Waals surface area contributed by atoms with E-state index in [0.29, 0.717) is 25.7 Å². The van der Waals surface area contributed by atoms with Crippen molar-refractivity contribution in [2.24, 2.45) is 11.8 Å². The van der Waals surface area contributed by atoms with E-state index in [-0.39, 0.29) is 49.6 Å². The molecule has 44 heavy (non-hydrogen) atoms. The molecule has 0 amide bonds. The van der Waals surface area contributed by atoms with Crippen molar-refractivity contribution in [3.8, 4) is 0 Å². The quantitative estimate of drug-likeness (QED) is 0.0475. The topological polar surface area (TPSA) is 130 Å². The van der Waals surface area contributed by atoms with Crippen LogP contribution in [0.25, 0.3) is 0 Å². The molecule has 0 aliphatic heterocycles. The zero-order chi connectivity index (χ0) is 32.4. The summed E-state index contributed by atoms with van der Waals surface area (Å²) in [5.41, 5.74) is 0. The molecule has 3 N–H and O–H groups in total. The minimum Gasteiger partial charge on any atom is -0.463 e. The number of ketones is 1. The van der Waals surface area contributed by atoms with E-state index in [1.165, 1.54) is 44.9 Å². The van der Waals surface area contributed by atoms with Crippen molar-refractivity contribution in [2.45, 2.75) is 173 Å². The van der Waals surface area contributed by atoms with Gasteiger partial charge in [-0.3, -0.25) is 14.4 Å². The van der Waals surface area contributed by atoms with Gasteiger partial charge in [-0.25, -0.2) is 0 Å². The number of unbranched alkanes of at least 4 members (excludes halogenated alkanes) is 14. The number of aliphatic hydroxyl groups excluding tert-OH is 3. The monoisotopic (exact) mass is 624 g/mol. The Bertz CT molecular complexity index is 782. The Kier molecular flexibility index (Phi) is 24.2. The zero-order valence-electron chi connectivity index (χ0n) is 27.9. The number of esters is 2. The lowest BCUT2D eigenvalue weighted by atomic mass is 9.88. The maximum Gasteiger partial charge on any atom is 0.305 e. The molecule has 1 saturated carbocycles. The van der Waals surface area contributed by atoms with Crippen LogP contribution in [-0.2, 0) is 23.9 Å². The molecule has 0 aromatic carbocycles. The molecule has 1 aliphatic carbocycles. The maximum atomic E-state index is 12.4. The van der Waals surface area contributed by atoms with Gasteiger partial charge < -0.3 is 24.8 Å². The summed E-state index contributed by atoms with van der Waals surface area (Å²) < 4.78 is 10.2. The molecule has 0 saturated heterocycles. The molecule has 0 radical (unpaired) electrons. The number of carbonyl (C=O) groups is 3. The van der Waals surface area contributed by atoms with Crippen LogP contribution in [-0.4, -0.2) is 64.6 Å². The summed E-state index contributed by atoms with van der Waals surface area (Å²) in [6.45, 7) is 3.97. The average Bonchev–Trinajstić information content (AvgIpc) is 3.27. The van der Waals surface area contributed by atoms with Gasteiger partial charge in [0.15, 0.2) is 0 Å². The Morgan fingerprint density at radius 3 is 1.77 bits per heavy atom. The number of ether oxygens (including phenoxy) is 2. The third-order valence-corrected chi connectivity index (χ3v) is 8.65.